The smallest absolute Gasteiger partial charge is 0.387 e. The average molecular weight is 319 g/mol. The van der Waals surface area contributed by atoms with Crippen molar-refractivity contribution in [3.05, 3.63) is 59.7 Å². The van der Waals surface area contributed by atoms with E-state index >= 15 is 0 Å². The third-order valence-corrected chi connectivity index (χ3v) is 2.99. The molecule has 120 valence electrons. The number of hydrazone groups is 1. The van der Waals surface area contributed by atoms with E-state index in [4.69, 9.17) is 5.73 Å². The first kappa shape index (κ1) is 16.4. The van der Waals surface area contributed by atoms with E-state index in [1.54, 1.807) is 49.4 Å². The van der Waals surface area contributed by atoms with Crippen LogP contribution in [0.2, 0.25) is 0 Å². The zero-order chi connectivity index (χ0) is 16.8. The summed E-state index contributed by atoms with van der Waals surface area (Å²) in [5.74, 6) is -0.443. The molecular weight excluding hydrogens is 304 g/mol. The Morgan fingerprint density at radius 1 is 1.17 bits per heavy atom. The van der Waals surface area contributed by atoms with Crippen LogP contribution in [0.5, 0.6) is 5.75 Å². The van der Waals surface area contributed by atoms with Gasteiger partial charge in [-0.3, -0.25) is 4.79 Å². The molecule has 0 unspecified atom stereocenters. The molecule has 7 heteroatoms. The quantitative estimate of drug-likeness (QED) is 0.505. The molecule has 3 N–H and O–H groups in total. The molecule has 0 bridgehead atoms. The summed E-state index contributed by atoms with van der Waals surface area (Å²) in [5.41, 5.74) is 9.54. The van der Waals surface area contributed by atoms with Gasteiger partial charge in [-0.25, -0.2) is 5.43 Å². The van der Waals surface area contributed by atoms with Gasteiger partial charge in [0, 0.05) is 16.8 Å². The summed E-state index contributed by atoms with van der Waals surface area (Å²) < 4.78 is 29.2. The van der Waals surface area contributed by atoms with Gasteiger partial charge in [0.15, 0.2) is 0 Å². The molecule has 0 saturated carbocycles. The Labute approximate surface area is 131 Å². The Morgan fingerprint density at radius 2 is 1.83 bits per heavy atom. The number of hydrogen-bond donors (Lipinski definition) is 2. The van der Waals surface area contributed by atoms with Gasteiger partial charge in [0.25, 0.3) is 5.91 Å². The maximum absolute atomic E-state index is 12.4. The van der Waals surface area contributed by atoms with Crippen molar-refractivity contribution in [2.45, 2.75) is 13.5 Å². The molecule has 0 spiro atoms. The van der Waals surface area contributed by atoms with Gasteiger partial charge in [-0.2, -0.15) is 13.9 Å². The van der Waals surface area contributed by atoms with Crippen molar-refractivity contribution in [1.29, 1.82) is 0 Å². The SMILES string of the molecule is C/C(=N\NC(=O)c1ccc(N)cc1)c1ccccc1OC(F)F. The highest BCUT2D eigenvalue weighted by atomic mass is 19.3. The third-order valence-electron chi connectivity index (χ3n) is 2.99. The number of amides is 1. The van der Waals surface area contributed by atoms with Crippen molar-refractivity contribution in [2.24, 2.45) is 5.10 Å². The first-order valence-corrected chi connectivity index (χ1v) is 6.71. The van der Waals surface area contributed by atoms with Crippen LogP contribution in [0.4, 0.5) is 14.5 Å². The van der Waals surface area contributed by atoms with Crippen molar-refractivity contribution in [2.75, 3.05) is 5.73 Å². The fourth-order valence-corrected chi connectivity index (χ4v) is 1.86. The molecule has 0 heterocycles. The van der Waals surface area contributed by atoms with Crippen LogP contribution in [-0.4, -0.2) is 18.2 Å². The number of carbonyl (C=O) groups excluding carboxylic acids is 1. The summed E-state index contributed by atoms with van der Waals surface area (Å²) in [6, 6.07) is 12.5. The van der Waals surface area contributed by atoms with E-state index in [0.29, 0.717) is 22.5 Å². The number of nitrogens with one attached hydrogen (secondary N) is 1. The van der Waals surface area contributed by atoms with Crippen LogP contribution < -0.4 is 15.9 Å². The number of nitrogens with zero attached hydrogens (tertiary/aromatic N) is 1. The molecule has 0 atom stereocenters. The second-order valence-corrected chi connectivity index (χ2v) is 4.63. The maximum Gasteiger partial charge on any atom is 0.387 e. The summed E-state index contributed by atoms with van der Waals surface area (Å²) in [6.45, 7) is -1.36. The van der Waals surface area contributed by atoms with E-state index in [9.17, 15) is 13.6 Å². The largest absolute Gasteiger partial charge is 0.434 e. The molecule has 5 nitrogen and oxygen atoms in total. The van der Waals surface area contributed by atoms with Gasteiger partial charge in [0.05, 0.1) is 5.71 Å². The predicted octanol–water partition coefficient (Wildman–Crippen LogP) is 3.02. The highest BCUT2D eigenvalue weighted by molar-refractivity contribution is 6.02. The number of halogens is 2. The van der Waals surface area contributed by atoms with Crippen LogP contribution in [0.25, 0.3) is 0 Å². The Hall–Kier alpha value is -2.96. The second-order valence-electron chi connectivity index (χ2n) is 4.63. The molecule has 23 heavy (non-hydrogen) atoms. The fraction of sp³-hybridized carbons (Fsp3) is 0.125. The summed E-state index contributed by atoms with van der Waals surface area (Å²) in [7, 11) is 0. The minimum absolute atomic E-state index is 0.00881. The lowest BCUT2D eigenvalue weighted by molar-refractivity contribution is -0.0499. The molecule has 2 aromatic rings. The van der Waals surface area contributed by atoms with Crippen LogP contribution in [0, 0.1) is 0 Å². The van der Waals surface area contributed by atoms with Crippen LogP contribution in [0.1, 0.15) is 22.8 Å². The molecule has 0 aliphatic rings. The number of carbonyl (C=O) groups is 1. The standard InChI is InChI=1S/C16H15F2N3O2/c1-10(13-4-2-3-5-14(13)23-16(17)18)20-21-15(22)11-6-8-12(19)9-7-11/h2-9,16H,19H2,1H3,(H,21,22)/b20-10+. The van der Waals surface area contributed by atoms with E-state index in [1.165, 1.54) is 6.07 Å². The van der Waals surface area contributed by atoms with Crippen LogP contribution in [0.3, 0.4) is 0 Å². The molecule has 0 radical (unpaired) electrons. The van der Waals surface area contributed by atoms with Crippen molar-refractivity contribution < 1.29 is 18.3 Å². The van der Waals surface area contributed by atoms with Crippen molar-refractivity contribution >= 4 is 17.3 Å². The van der Waals surface area contributed by atoms with Crippen molar-refractivity contribution in [1.82, 2.24) is 5.43 Å². The fourth-order valence-electron chi connectivity index (χ4n) is 1.86. The molecule has 2 rings (SSSR count). The number of nitrogens with two attached hydrogens (primary N) is 1. The highest BCUT2D eigenvalue weighted by Crippen LogP contribution is 2.20. The monoisotopic (exact) mass is 319 g/mol. The number of benzene rings is 2. The number of alkyl halides is 2. The van der Waals surface area contributed by atoms with E-state index in [-0.39, 0.29) is 5.75 Å². The van der Waals surface area contributed by atoms with Crippen LogP contribution in [-0.2, 0) is 0 Å². The maximum atomic E-state index is 12.4. The lowest BCUT2D eigenvalue weighted by Crippen LogP contribution is -2.19. The van der Waals surface area contributed by atoms with E-state index in [2.05, 4.69) is 15.3 Å². The van der Waals surface area contributed by atoms with Gasteiger partial charge in [0.2, 0.25) is 0 Å². The molecule has 0 aliphatic carbocycles. The number of ether oxygens (including phenoxy) is 1. The summed E-state index contributed by atoms with van der Waals surface area (Å²) in [5, 5.41) is 3.92. The molecule has 0 aliphatic heterocycles. The van der Waals surface area contributed by atoms with Crippen LogP contribution in [0.15, 0.2) is 53.6 Å². The first-order chi connectivity index (χ1) is 11.0. The van der Waals surface area contributed by atoms with Gasteiger partial charge in [0.1, 0.15) is 5.75 Å². The number of para-hydroxylation sites is 1. The molecule has 0 fully saturated rings. The topological polar surface area (TPSA) is 76.7 Å². The van der Waals surface area contributed by atoms with E-state index in [1.807, 2.05) is 0 Å². The predicted molar refractivity (Wildman–Crippen MR) is 83.6 cm³/mol. The van der Waals surface area contributed by atoms with Gasteiger partial charge in [-0.15, -0.1) is 0 Å². The third kappa shape index (κ3) is 4.50. The molecular formula is C16H15F2N3O2. The first-order valence-electron chi connectivity index (χ1n) is 6.71. The Kier molecular flexibility index (Phi) is 5.24. The Morgan fingerprint density at radius 3 is 2.48 bits per heavy atom. The summed E-state index contributed by atoms with van der Waals surface area (Å²) >= 11 is 0. The number of hydrogen-bond acceptors (Lipinski definition) is 4. The van der Waals surface area contributed by atoms with Gasteiger partial charge in [-0.05, 0) is 43.3 Å². The van der Waals surface area contributed by atoms with Crippen molar-refractivity contribution in [3.63, 3.8) is 0 Å². The second kappa shape index (κ2) is 7.35. The minimum atomic E-state index is -2.94. The van der Waals surface area contributed by atoms with E-state index in [0.717, 1.165) is 0 Å². The average Bonchev–Trinajstić information content (AvgIpc) is 2.53. The number of rotatable bonds is 5. The summed E-state index contributed by atoms with van der Waals surface area (Å²) in [6.07, 6.45) is 0. The van der Waals surface area contributed by atoms with Gasteiger partial charge in [-0.1, -0.05) is 12.1 Å². The van der Waals surface area contributed by atoms with Crippen molar-refractivity contribution in [3.8, 4) is 5.75 Å². The number of nitrogen functional groups attached to an aromatic ring is 1. The van der Waals surface area contributed by atoms with Gasteiger partial charge < -0.3 is 10.5 Å². The zero-order valence-electron chi connectivity index (χ0n) is 12.3. The Bertz CT molecular complexity index is 716. The molecule has 2 aromatic carbocycles. The molecule has 1 amide bonds. The van der Waals surface area contributed by atoms with Gasteiger partial charge >= 0.3 is 6.61 Å². The zero-order valence-corrected chi connectivity index (χ0v) is 12.3. The lowest BCUT2D eigenvalue weighted by atomic mass is 10.1. The Balaban J connectivity index is 2.14. The summed E-state index contributed by atoms with van der Waals surface area (Å²) in [4.78, 5) is 11.9. The number of anilines is 1. The normalized spacial score (nSPS) is 11.4. The highest BCUT2D eigenvalue weighted by Gasteiger charge is 2.11. The van der Waals surface area contributed by atoms with E-state index < -0.39 is 12.5 Å². The minimum Gasteiger partial charge on any atom is -0.434 e. The molecule has 0 saturated heterocycles. The molecule has 0 aromatic heterocycles. The van der Waals surface area contributed by atoms with Crippen LogP contribution >= 0.6 is 0 Å². The lowest BCUT2D eigenvalue weighted by Gasteiger charge is -2.10.